The van der Waals surface area contributed by atoms with Crippen molar-refractivity contribution < 1.29 is 31.5 Å². The van der Waals surface area contributed by atoms with E-state index >= 15 is 0 Å². The molecule has 0 aliphatic rings. The molecular formula is C10H9F5N2O2. The van der Waals surface area contributed by atoms with Crippen molar-refractivity contribution in [2.24, 2.45) is 0 Å². The lowest BCUT2D eigenvalue weighted by Gasteiger charge is -2.18. The molecule has 0 fully saturated rings. The maximum absolute atomic E-state index is 13.0. The summed E-state index contributed by atoms with van der Waals surface area (Å²) in [6, 6.07) is 0. The number of nitrogens with zero attached hydrogens (tertiary/aromatic N) is 2. The Kier molecular flexibility index (Phi) is 4.06. The fourth-order valence-electron chi connectivity index (χ4n) is 1.15. The first-order valence-electron chi connectivity index (χ1n) is 5.07. The zero-order chi connectivity index (χ0) is 14.8. The van der Waals surface area contributed by atoms with Crippen LogP contribution in [0.4, 0.5) is 22.0 Å². The number of halogens is 5. The highest BCUT2D eigenvalue weighted by Gasteiger charge is 2.61. The van der Waals surface area contributed by atoms with Crippen LogP contribution in [-0.4, -0.2) is 28.7 Å². The Labute approximate surface area is 104 Å². The first kappa shape index (κ1) is 15.3. The van der Waals surface area contributed by atoms with Gasteiger partial charge in [0, 0.05) is 6.20 Å². The highest BCUT2D eigenvalue weighted by molar-refractivity contribution is 5.90. The summed E-state index contributed by atoms with van der Waals surface area (Å²) in [7, 11) is 0. The number of carbonyl (C=O) groups excluding carboxylic acids is 1. The SMILES string of the molecule is CCOC(=O)c1cnc(C(F)(F)C(F)(F)F)nc1C. The second kappa shape index (κ2) is 5.06. The Hall–Kier alpha value is -1.80. The molecule has 0 atom stereocenters. The molecule has 0 saturated heterocycles. The molecule has 106 valence electrons. The quantitative estimate of drug-likeness (QED) is 0.632. The third-order valence-electron chi connectivity index (χ3n) is 2.11. The molecule has 1 rings (SSSR count). The minimum absolute atomic E-state index is 0.0265. The van der Waals surface area contributed by atoms with E-state index in [0.717, 1.165) is 6.92 Å². The van der Waals surface area contributed by atoms with Gasteiger partial charge in [-0.05, 0) is 13.8 Å². The van der Waals surface area contributed by atoms with Gasteiger partial charge in [-0.2, -0.15) is 22.0 Å². The molecule has 0 aliphatic carbocycles. The summed E-state index contributed by atoms with van der Waals surface area (Å²) in [6.45, 7) is 2.66. The van der Waals surface area contributed by atoms with Gasteiger partial charge in [0.25, 0.3) is 0 Å². The normalized spacial score (nSPS) is 12.4. The van der Waals surface area contributed by atoms with Crippen LogP contribution in [0.3, 0.4) is 0 Å². The zero-order valence-electron chi connectivity index (χ0n) is 9.89. The van der Waals surface area contributed by atoms with Crippen LogP contribution in [0.1, 0.15) is 28.8 Å². The summed E-state index contributed by atoms with van der Waals surface area (Å²) < 4.78 is 66.8. The molecule has 0 spiro atoms. The Morgan fingerprint density at radius 3 is 2.32 bits per heavy atom. The first-order valence-corrected chi connectivity index (χ1v) is 5.07. The molecular weight excluding hydrogens is 275 g/mol. The summed E-state index contributed by atoms with van der Waals surface area (Å²) in [5, 5.41) is 0. The van der Waals surface area contributed by atoms with E-state index in [1.165, 1.54) is 6.92 Å². The van der Waals surface area contributed by atoms with Crippen LogP contribution in [0.15, 0.2) is 6.20 Å². The summed E-state index contributed by atoms with van der Waals surface area (Å²) in [5.74, 6) is -7.77. The predicted octanol–water partition coefficient (Wildman–Crippen LogP) is 2.62. The van der Waals surface area contributed by atoms with E-state index in [9.17, 15) is 26.7 Å². The zero-order valence-corrected chi connectivity index (χ0v) is 9.89. The van der Waals surface area contributed by atoms with Gasteiger partial charge in [-0.1, -0.05) is 0 Å². The van der Waals surface area contributed by atoms with Gasteiger partial charge in [-0.25, -0.2) is 14.8 Å². The highest BCUT2D eigenvalue weighted by Crippen LogP contribution is 2.42. The fourth-order valence-corrected chi connectivity index (χ4v) is 1.15. The molecule has 19 heavy (non-hydrogen) atoms. The molecule has 0 aliphatic heterocycles. The lowest BCUT2D eigenvalue weighted by molar-refractivity contribution is -0.292. The van der Waals surface area contributed by atoms with E-state index in [4.69, 9.17) is 0 Å². The molecule has 9 heteroatoms. The van der Waals surface area contributed by atoms with Gasteiger partial charge in [-0.3, -0.25) is 0 Å². The molecule has 0 saturated carbocycles. The largest absolute Gasteiger partial charge is 0.462 e. The van der Waals surface area contributed by atoms with Crippen molar-refractivity contribution in [2.45, 2.75) is 25.9 Å². The molecule has 0 amide bonds. The smallest absolute Gasteiger partial charge is 0.461 e. The third kappa shape index (κ3) is 2.96. The molecule has 0 aromatic carbocycles. The Morgan fingerprint density at radius 1 is 1.32 bits per heavy atom. The van der Waals surface area contributed by atoms with Crippen molar-refractivity contribution in [2.75, 3.05) is 6.61 Å². The summed E-state index contributed by atoms with van der Waals surface area (Å²) in [6.07, 6.45) is -5.21. The highest BCUT2D eigenvalue weighted by atomic mass is 19.4. The molecule has 1 heterocycles. The van der Waals surface area contributed by atoms with E-state index in [1.807, 2.05) is 0 Å². The van der Waals surface area contributed by atoms with Gasteiger partial charge >= 0.3 is 18.1 Å². The van der Waals surface area contributed by atoms with Crippen molar-refractivity contribution in [1.29, 1.82) is 0 Å². The molecule has 1 aromatic heterocycles. The van der Waals surface area contributed by atoms with E-state index in [0.29, 0.717) is 6.20 Å². The minimum atomic E-state index is -5.80. The van der Waals surface area contributed by atoms with Crippen LogP contribution in [0, 0.1) is 6.92 Å². The molecule has 0 unspecified atom stereocenters. The number of hydrogen-bond acceptors (Lipinski definition) is 4. The standard InChI is InChI=1S/C10H9F5N2O2/c1-3-19-7(18)6-4-16-8(17-5(6)2)9(11,12)10(13,14)15/h4H,3H2,1-2H3. The monoisotopic (exact) mass is 284 g/mol. The van der Waals surface area contributed by atoms with Gasteiger partial charge < -0.3 is 4.74 Å². The number of alkyl halides is 5. The Bertz CT molecular complexity index is 487. The molecule has 1 aromatic rings. The second-order valence-corrected chi connectivity index (χ2v) is 3.49. The molecule has 0 radical (unpaired) electrons. The van der Waals surface area contributed by atoms with Crippen molar-refractivity contribution in [3.05, 3.63) is 23.3 Å². The number of ether oxygens (including phenoxy) is 1. The number of aromatic nitrogens is 2. The lowest BCUT2D eigenvalue weighted by Crippen LogP contribution is -2.35. The summed E-state index contributed by atoms with van der Waals surface area (Å²) in [5.41, 5.74) is -0.573. The van der Waals surface area contributed by atoms with Gasteiger partial charge in [0.1, 0.15) is 0 Å². The van der Waals surface area contributed by atoms with Crippen LogP contribution in [-0.2, 0) is 10.7 Å². The van der Waals surface area contributed by atoms with Crippen LogP contribution >= 0.6 is 0 Å². The number of esters is 1. The van der Waals surface area contributed by atoms with Crippen LogP contribution in [0.25, 0.3) is 0 Å². The van der Waals surface area contributed by atoms with Gasteiger partial charge in [0.2, 0.25) is 5.82 Å². The van der Waals surface area contributed by atoms with Gasteiger partial charge in [-0.15, -0.1) is 0 Å². The summed E-state index contributed by atoms with van der Waals surface area (Å²) in [4.78, 5) is 17.2. The van der Waals surface area contributed by atoms with Gasteiger partial charge in [0.15, 0.2) is 0 Å². The third-order valence-corrected chi connectivity index (χ3v) is 2.11. The van der Waals surface area contributed by atoms with Gasteiger partial charge in [0.05, 0.1) is 17.9 Å². The van der Waals surface area contributed by atoms with E-state index < -0.39 is 23.9 Å². The Morgan fingerprint density at radius 2 is 1.89 bits per heavy atom. The predicted molar refractivity (Wildman–Crippen MR) is 52.7 cm³/mol. The molecule has 4 nitrogen and oxygen atoms in total. The number of aryl methyl sites for hydroxylation is 1. The van der Waals surface area contributed by atoms with Crippen LogP contribution in [0.2, 0.25) is 0 Å². The van der Waals surface area contributed by atoms with E-state index in [2.05, 4.69) is 14.7 Å². The van der Waals surface area contributed by atoms with E-state index in [-0.39, 0.29) is 17.9 Å². The minimum Gasteiger partial charge on any atom is -0.462 e. The maximum Gasteiger partial charge on any atom is 0.461 e. The number of carbonyl (C=O) groups is 1. The van der Waals surface area contributed by atoms with Crippen LogP contribution < -0.4 is 0 Å². The number of rotatable bonds is 3. The molecule has 0 bridgehead atoms. The average molecular weight is 284 g/mol. The van der Waals surface area contributed by atoms with Crippen molar-refractivity contribution in [3.8, 4) is 0 Å². The topological polar surface area (TPSA) is 52.1 Å². The summed E-state index contributed by atoms with van der Waals surface area (Å²) >= 11 is 0. The number of hydrogen-bond donors (Lipinski definition) is 0. The van der Waals surface area contributed by atoms with E-state index in [1.54, 1.807) is 0 Å². The molecule has 0 N–H and O–H groups in total. The maximum atomic E-state index is 13.0. The fraction of sp³-hybridized carbons (Fsp3) is 0.500. The lowest BCUT2D eigenvalue weighted by atomic mass is 10.2. The first-order chi connectivity index (χ1) is 8.61. The van der Waals surface area contributed by atoms with Crippen molar-refractivity contribution in [3.63, 3.8) is 0 Å². The van der Waals surface area contributed by atoms with Crippen molar-refractivity contribution in [1.82, 2.24) is 9.97 Å². The average Bonchev–Trinajstić information content (AvgIpc) is 2.27. The Balaban J connectivity index is 3.17. The van der Waals surface area contributed by atoms with Crippen molar-refractivity contribution >= 4 is 5.97 Å². The second-order valence-electron chi connectivity index (χ2n) is 3.49. The van der Waals surface area contributed by atoms with Crippen LogP contribution in [0.5, 0.6) is 0 Å².